The highest BCUT2D eigenvalue weighted by molar-refractivity contribution is 14.1. The van der Waals surface area contributed by atoms with Crippen LogP contribution in [0.5, 0.6) is 17.2 Å². The van der Waals surface area contributed by atoms with Crippen molar-refractivity contribution in [3.63, 3.8) is 0 Å². The number of phenolic OH excluding ortho intramolecular Hbond substituents is 1. The summed E-state index contributed by atoms with van der Waals surface area (Å²) in [6.07, 6.45) is 0. The first-order valence-corrected chi connectivity index (χ1v) is 8.84. The molecule has 0 heterocycles. The molecular formula is C15H11Br2IO4. The van der Waals surface area contributed by atoms with Gasteiger partial charge in [0, 0.05) is 0 Å². The molecule has 1 atom stereocenters. The summed E-state index contributed by atoms with van der Waals surface area (Å²) in [6.45, 7) is 1.62. The Kier molecular flexibility index (Phi) is 5.73. The molecule has 0 aliphatic rings. The van der Waals surface area contributed by atoms with Gasteiger partial charge in [0.25, 0.3) is 0 Å². The van der Waals surface area contributed by atoms with Crippen molar-refractivity contribution in [1.82, 2.24) is 0 Å². The molecule has 22 heavy (non-hydrogen) atoms. The van der Waals surface area contributed by atoms with Crippen LogP contribution in [0.25, 0.3) is 0 Å². The maximum Gasteiger partial charge on any atom is 0.310 e. The monoisotopic (exact) mass is 540 g/mol. The van der Waals surface area contributed by atoms with Gasteiger partial charge in [0.15, 0.2) is 5.75 Å². The summed E-state index contributed by atoms with van der Waals surface area (Å²) in [7, 11) is 0. The van der Waals surface area contributed by atoms with E-state index in [-0.39, 0.29) is 5.75 Å². The molecule has 0 saturated heterocycles. The van der Waals surface area contributed by atoms with Crippen LogP contribution in [-0.2, 0) is 4.79 Å². The molecule has 0 aromatic heterocycles. The second-order valence-electron chi connectivity index (χ2n) is 4.59. The van der Waals surface area contributed by atoms with Gasteiger partial charge in [-0.2, -0.15) is 0 Å². The highest BCUT2D eigenvalue weighted by Gasteiger charge is 2.18. The Hall–Kier alpha value is -0.800. The van der Waals surface area contributed by atoms with Gasteiger partial charge in [-0.25, -0.2) is 0 Å². The third kappa shape index (κ3) is 3.94. The minimum absolute atomic E-state index is 0.191. The number of aromatic hydroxyl groups is 1. The van der Waals surface area contributed by atoms with E-state index in [0.29, 0.717) is 29.6 Å². The summed E-state index contributed by atoms with van der Waals surface area (Å²) < 4.78 is 7.79. The lowest BCUT2D eigenvalue weighted by Gasteiger charge is -2.14. The van der Waals surface area contributed by atoms with Crippen LogP contribution in [0, 0.1) is 3.57 Å². The van der Waals surface area contributed by atoms with Gasteiger partial charge < -0.3 is 14.9 Å². The Balaban J connectivity index is 2.36. The number of carbonyl (C=O) groups is 1. The van der Waals surface area contributed by atoms with Gasteiger partial charge in [0.1, 0.15) is 11.5 Å². The molecule has 0 aliphatic heterocycles. The predicted octanol–water partition coefficient (Wildman–Crippen LogP) is 5.50. The van der Waals surface area contributed by atoms with Crippen molar-refractivity contribution in [2.75, 3.05) is 0 Å². The maximum absolute atomic E-state index is 11.1. The Morgan fingerprint density at radius 2 is 1.82 bits per heavy atom. The van der Waals surface area contributed by atoms with E-state index in [1.165, 1.54) is 0 Å². The van der Waals surface area contributed by atoms with Crippen LogP contribution in [-0.4, -0.2) is 16.2 Å². The molecule has 0 aliphatic carbocycles. The minimum atomic E-state index is -0.888. The molecule has 1 unspecified atom stereocenters. The summed E-state index contributed by atoms with van der Waals surface area (Å²) >= 11 is 8.83. The van der Waals surface area contributed by atoms with Crippen molar-refractivity contribution in [3.8, 4) is 17.2 Å². The summed E-state index contributed by atoms with van der Waals surface area (Å²) in [5.41, 5.74) is 0.666. The molecule has 0 spiro atoms. The van der Waals surface area contributed by atoms with Gasteiger partial charge in [-0.05, 0) is 97.3 Å². The fraction of sp³-hybridized carbons (Fsp3) is 0.133. The molecule has 2 rings (SSSR count). The molecule has 2 aromatic carbocycles. The molecule has 0 bridgehead atoms. The number of hydrogen-bond acceptors (Lipinski definition) is 3. The zero-order valence-corrected chi connectivity index (χ0v) is 16.6. The lowest BCUT2D eigenvalue weighted by Crippen LogP contribution is -2.07. The van der Waals surface area contributed by atoms with Crippen LogP contribution in [0.3, 0.4) is 0 Å². The fourth-order valence-electron chi connectivity index (χ4n) is 1.74. The van der Waals surface area contributed by atoms with Gasteiger partial charge in [0.05, 0.1) is 18.4 Å². The lowest BCUT2D eigenvalue weighted by atomic mass is 10.0. The van der Waals surface area contributed by atoms with Crippen molar-refractivity contribution in [2.45, 2.75) is 12.8 Å². The largest absolute Gasteiger partial charge is 0.507 e. The predicted molar refractivity (Wildman–Crippen MR) is 98.8 cm³/mol. The van der Waals surface area contributed by atoms with E-state index in [1.54, 1.807) is 37.3 Å². The number of ether oxygens (including phenoxy) is 1. The molecule has 0 saturated carbocycles. The third-order valence-corrected chi connectivity index (χ3v) is 5.07. The first-order chi connectivity index (χ1) is 10.3. The quantitative estimate of drug-likeness (QED) is 0.502. The molecule has 7 heteroatoms. The number of carboxylic acid groups (broad SMARTS) is 1. The highest BCUT2D eigenvalue weighted by atomic mass is 127. The SMILES string of the molecule is CC(C(=O)O)c1cc(Br)c(Oc2ccc(O)c(I)c2)c(Br)c1. The number of phenols is 1. The maximum atomic E-state index is 11.1. The van der Waals surface area contributed by atoms with Crippen molar-refractivity contribution < 1.29 is 19.7 Å². The van der Waals surface area contributed by atoms with Crippen LogP contribution in [0.2, 0.25) is 0 Å². The Morgan fingerprint density at radius 1 is 1.23 bits per heavy atom. The summed E-state index contributed by atoms with van der Waals surface area (Å²) in [4.78, 5) is 11.1. The average Bonchev–Trinajstić information content (AvgIpc) is 2.45. The first kappa shape index (κ1) is 17.6. The average molecular weight is 542 g/mol. The molecule has 0 amide bonds. The van der Waals surface area contributed by atoms with Crippen LogP contribution < -0.4 is 4.74 Å². The van der Waals surface area contributed by atoms with Crippen LogP contribution in [0.4, 0.5) is 0 Å². The van der Waals surface area contributed by atoms with Gasteiger partial charge >= 0.3 is 5.97 Å². The minimum Gasteiger partial charge on any atom is -0.507 e. The first-order valence-electron chi connectivity index (χ1n) is 6.17. The van der Waals surface area contributed by atoms with Crippen LogP contribution in [0.1, 0.15) is 18.4 Å². The van der Waals surface area contributed by atoms with E-state index in [4.69, 9.17) is 9.84 Å². The molecule has 116 valence electrons. The smallest absolute Gasteiger partial charge is 0.310 e. The van der Waals surface area contributed by atoms with Crippen LogP contribution >= 0.6 is 54.5 Å². The van der Waals surface area contributed by atoms with E-state index in [0.717, 1.165) is 0 Å². The van der Waals surface area contributed by atoms with Crippen molar-refractivity contribution in [1.29, 1.82) is 0 Å². The van der Waals surface area contributed by atoms with Crippen molar-refractivity contribution in [2.24, 2.45) is 0 Å². The topological polar surface area (TPSA) is 66.8 Å². The van der Waals surface area contributed by atoms with E-state index in [9.17, 15) is 9.90 Å². The number of halogens is 3. The lowest BCUT2D eigenvalue weighted by molar-refractivity contribution is -0.138. The molecular weight excluding hydrogens is 531 g/mol. The number of hydrogen-bond donors (Lipinski definition) is 2. The van der Waals surface area contributed by atoms with Gasteiger partial charge in [-0.15, -0.1) is 0 Å². The second-order valence-corrected chi connectivity index (χ2v) is 7.46. The van der Waals surface area contributed by atoms with Gasteiger partial charge in [-0.1, -0.05) is 0 Å². The molecule has 4 nitrogen and oxygen atoms in total. The zero-order valence-electron chi connectivity index (χ0n) is 11.3. The number of benzene rings is 2. The van der Waals surface area contributed by atoms with Crippen molar-refractivity contribution >= 4 is 60.4 Å². The summed E-state index contributed by atoms with van der Waals surface area (Å²) in [5.74, 6) is -0.195. The Bertz CT molecular complexity index is 710. The summed E-state index contributed by atoms with van der Waals surface area (Å²) in [6, 6.07) is 8.38. The van der Waals surface area contributed by atoms with Crippen LogP contribution in [0.15, 0.2) is 39.3 Å². The van der Waals surface area contributed by atoms with Gasteiger partial charge in [0.2, 0.25) is 0 Å². The summed E-state index contributed by atoms with van der Waals surface area (Å²) in [5, 5.41) is 18.6. The van der Waals surface area contributed by atoms with E-state index in [2.05, 4.69) is 31.9 Å². The third-order valence-electron chi connectivity index (χ3n) is 3.03. The number of rotatable bonds is 4. The Labute approximate surface area is 157 Å². The Morgan fingerprint density at radius 3 is 2.32 bits per heavy atom. The fourth-order valence-corrected chi connectivity index (χ4v) is 3.61. The van der Waals surface area contributed by atoms with Gasteiger partial charge in [-0.3, -0.25) is 4.79 Å². The molecule has 0 radical (unpaired) electrons. The second kappa shape index (κ2) is 7.18. The zero-order chi connectivity index (χ0) is 16.4. The molecule has 0 fully saturated rings. The molecule has 2 aromatic rings. The van der Waals surface area contributed by atoms with Crippen molar-refractivity contribution in [3.05, 3.63) is 48.4 Å². The van der Waals surface area contributed by atoms with E-state index < -0.39 is 11.9 Å². The van der Waals surface area contributed by atoms with E-state index >= 15 is 0 Å². The normalized spacial score (nSPS) is 12.0. The van der Waals surface area contributed by atoms with E-state index in [1.807, 2.05) is 22.6 Å². The number of aliphatic carboxylic acids is 1. The molecule has 2 N–H and O–H groups in total. The number of carboxylic acids is 1. The highest BCUT2D eigenvalue weighted by Crippen LogP contribution is 2.40. The standard InChI is InChI=1S/C15H11Br2IO4/c1-7(15(20)21)8-4-10(16)14(11(17)5-8)22-9-2-3-13(19)12(18)6-9/h2-7,19H,1H3,(H,20,21).